The molecule has 1 aromatic rings. The average molecular weight is 247 g/mol. The molecule has 3 nitrogen and oxygen atoms in total. The lowest BCUT2D eigenvalue weighted by atomic mass is 9.92. The number of benzene rings is 1. The first-order chi connectivity index (χ1) is 8.83. The van der Waals surface area contributed by atoms with Gasteiger partial charge in [0, 0.05) is 6.54 Å². The van der Waals surface area contributed by atoms with Crippen molar-refractivity contribution >= 4 is 0 Å². The Morgan fingerprint density at radius 2 is 2.00 bits per heavy atom. The van der Waals surface area contributed by atoms with Gasteiger partial charge in [0.15, 0.2) is 0 Å². The van der Waals surface area contributed by atoms with Gasteiger partial charge in [-0.1, -0.05) is 6.07 Å². The van der Waals surface area contributed by atoms with E-state index in [1.807, 2.05) is 0 Å². The summed E-state index contributed by atoms with van der Waals surface area (Å²) in [5, 5.41) is 13.1. The minimum atomic E-state index is -0.394. The van der Waals surface area contributed by atoms with Crippen molar-refractivity contribution in [2.45, 2.75) is 44.3 Å². The Bertz CT molecular complexity index is 419. The van der Waals surface area contributed by atoms with Crippen molar-refractivity contribution in [1.29, 1.82) is 0 Å². The summed E-state index contributed by atoms with van der Waals surface area (Å²) >= 11 is 0. The monoisotopic (exact) mass is 247 g/mol. The zero-order valence-corrected chi connectivity index (χ0v) is 10.7. The molecule has 0 bridgehead atoms. The fraction of sp³-hybridized carbons (Fsp3) is 0.600. The summed E-state index contributed by atoms with van der Waals surface area (Å²) in [6.07, 6.45) is 5.38. The van der Waals surface area contributed by atoms with Crippen molar-refractivity contribution in [3.63, 3.8) is 0 Å². The van der Waals surface area contributed by atoms with E-state index < -0.39 is 6.10 Å². The standard InChI is InChI=1S/C15H21NO2/c17-14-10-16-8-7-15(14)18-13-6-5-11-3-1-2-4-12(11)9-13/h5-6,9,14-17H,1-4,7-8,10H2/t14-,15-/m0/s1. The molecule has 1 aromatic carbocycles. The van der Waals surface area contributed by atoms with Crippen LogP contribution in [0, 0.1) is 0 Å². The van der Waals surface area contributed by atoms with E-state index in [4.69, 9.17) is 4.74 Å². The number of aliphatic hydroxyl groups is 1. The molecule has 1 heterocycles. The average Bonchev–Trinajstić information content (AvgIpc) is 2.41. The summed E-state index contributed by atoms with van der Waals surface area (Å²) in [6, 6.07) is 6.42. The number of aryl methyl sites for hydroxylation is 2. The molecular formula is C15H21NO2. The van der Waals surface area contributed by atoms with Crippen molar-refractivity contribution in [3.8, 4) is 5.75 Å². The third-order valence-electron chi connectivity index (χ3n) is 4.00. The van der Waals surface area contributed by atoms with Gasteiger partial charge in [-0.2, -0.15) is 0 Å². The molecule has 1 fully saturated rings. The second-order valence-electron chi connectivity index (χ2n) is 5.35. The number of β-amino-alcohol motifs (C(OH)–C–C–N with tert-alkyl or cyclic N) is 1. The molecule has 98 valence electrons. The molecule has 1 saturated heterocycles. The van der Waals surface area contributed by atoms with E-state index in [2.05, 4.69) is 23.5 Å². The summed E-state index contributed by atoms with van der Waals surface area (Å²) < 4.78 is 5.94. The van der Waals surface area contributed by atoms with Gasteiger partial charge in [0.2, 0.25) is 0 Å². The lowest BCUT2D eigenvalue weighted by Gasteiger charge is -2.29. The molecule has 3 heteroatoms. The minimum absolute atomic E-state index is 0.0621. The summed E-state index contributed by atoms with van der Waals surface area (Å²) in [4.78, 5) is 0. The SMILES string of the molecule is O[C@H]1CNCC[C@@H]1Oc1ccc2c(c1)CCCC2. The van der Waals surface area contributed by atoms with E-state index in [0.29, 0.717) is 6.54 Å². The van der Waals surface area contributed by atoms with Crippen LogP contribution in [0.25, 0.3) is 0 Å². The van der Waals surface area contributed by atoms with E-state index in [1.165, 1.54) is 36.8 Å². The Balaban J connectivity index is 1.72. The molecule has 2 aliphatic rings. The fourth-order valence-corrected chi connectivity index (χ4v) is 2.91. The van der Waals surface area contributed by atoms with Gasteiger partial charge >= 0.3 is 0 Å². The van der Waals surface area contributed by atoms with Crippen LogP contribution in [0.3, 0.4) is 0 Å². The van der Waals surface area contributed by atoms with Gasteiger partial charge in [-0.15, -0.1) is 0 Å². The van der Waals surface area contributed by atoms with Gasteiger partial charge in [0.1, 0.15) is 18.0 Å². The van der Waals surface area contributed by atoms with Crippen molar-refractivity contribution in [1.82, 2.24) is 5.32 Å². The first-order valence-electron chi connectivity index (χ1n) is 7.00. The number of ether oxygens (including phenoxy) is 1. The van der Waals surface area contributed by atoms with E-state index in [0.717, 1.165) is 18.7 Å². The third-order valence-corrected chi connectivity index (χ3v) is 4.00. The normalized spacial score (nSPS) is 27.6. The van der Waals surface area contributed by atoms with Crippen LogP contribution < -0.4 is 10.1 Å². The minimum Gasteiger partial charge on any atom is -0.488 e. The van der Waals surface area contributed by atoms with Crippen LogP contribution in [-0.2, 0) is 12.8 Å². The van der Waals surface area contributed by atoms with Crippen LogP contribution in [0.15, 0.2) is 18.2 Å². The van der Waals surface area contributed by atoms with Crippen LogP contribution >= 0.6 is 0 Å². The van der Waals surface area contributed by atoms with Gasteiger partial charge in [-0.05, 0) is 61.9 Å². The molecule has 1 aliphatic carbocycles. The number of rotatable bonds is 2. The van der Waals surface area contributed by atoms with Crippen molar-refractivity contribution < 1.29 is 9.84 Å². The highest BCUT2D eigenvalue weighted by molar-refractivity contribution is 5.37. The molecule has 18 heavy (non-hydrogen) atoms. The quantitative estimate of drug-likeness (QED) is 0.835. The van der Waals surface area contributed by atoms with E-state index in [1.54, 1.807) is 0 Å². The molecule has 3 rings (SSSR count). The number of piperidine rings is 1. The molecule has 2 N–H and O–H groups in total. The Morgan fingerprint density at radius 3 is 2.83 bits per heavy atom. The maximum Gasteiger partial charge on any atom is 0.127 e. The zero-order valence-electron chi connectivity index (χ0n) is 10.7. The second-order valence-corrected chi connectivity index (χ2v) is 5.35. The van der Waals surface area contributed by atoms with Gasteiger partial charge < -0.3 is 15.2 Å². The predicted octanol–water partition coefficient (Wildman–Crippen LogP) is 1.67. The number of fused-ring (bicyclic) bond motifs is 1. The molecule has 2 atom stereocenters. The molecular weight excluding hydrogens is 226 g/mol. The predicted molar refractivity (Wildman–Crippen MR) is 71.0 cm³/mol. The maximum atomic E-state index is 9.88. The van der Waals surface area contributed by atoms with E-state index >= 15 is 0 Å². The number of hydrogen-bond donors (Lipinski definition) is 2. The summed E-state index contributed by atoms with van der Waals surface area (Å²) in [5.41, 5.74) is 2.90. The molecule has 1 aliphatic heterocycles. The molecule has 0 unspecified atom stereocenters. The largest absolute Gasteiger partial charge is 0.488 e. The van der Waals surface area contributed by atoms with Gasteiger partial charge in [0.25, 0.3) is 0 Å². The maximum absolute atomic E-state index is 9.88. The highest BCUT2D eigenvalue weighted by Crippen LogP contribution is 2.26. The highest BCUT2D eigenvalue weighted by atomic mass is 16.5. The van der Waals surface area contributed by atoms with Gasteiger partial charge in [-0.3, -0.25) is 0 Å². The Labute approximate surface area is 108 Å². The zero-order chi connectivity index (χ0) is 12.4. The summed E-state index contributed by atoms with van der Waals surface area (Å²) in [7, 11) is 0. The molecule has 0 radical (unpaired) electrons. The fourth-order valence-electron chi connectivity index (χ4n) is 2.91. The molecule has 0 saturated carbocycles. The summed E-state index contributed by atoms with van der Waals surface area (Å²) in [6.45, 7) is 1.56. The Hall–Kier alpha value is -1.06. The number of hydrogen-bond acceptors (Lipinski definition) is 3. The number of nitrogens with one attached hydrogen (secondary N) is 1. The van der Waals surface area contributed by atoms with Gasteiger partial charge in [-0.25, -0.2) is 0 Å². The smallest absolute Gasteiger partial charge is 0.127 e. The lowest BCUT2D eigenvalue weighted by Crippen LogP contribution is -2.46. The van der Waals surface area contributed by atoms with Crippen LogP contribution in [-0.4, -0.2) is 30.4 Å². The van der Waals surface area contributed by atoms with Crippen molar-refractivity contribution in [2.75, 3.05) is 13.1 Å². The topological polar surface area (TPSA) is 41.5 Å². The first-order valence-corrected chi connectivity index (χ1v) is 7.00. The third kappa shape index (κ3) is 2.52. The Morgan fingerprint density at radius 1 is 1.17 bits per heavy atom. The van der Waals surface area contributed by atoms with Gasteiger partial charge in [0.05, 0.1) is 0 Å². The van der Waals surface area contributed by atoms with Crippen molar-refractivity contribution in [2.24, 2.45) is 0 Å². The highest BCUT2D eigenvalue weighted by Gasteiger charge is 2.24. The van der Waals surface area contributed by atoms with E-state index in [9.17, 15) is 5.11 Å². The molecule has 0 spiro atoms. The number of aliphatic hydroxyl groups excluding tert-OH is 1. The van der Waals surface area contributed by atoms with Crippen LogP contribution in [0.1, 0.15) is 30.4 Å². The summed E-state index contributed by atoms with van der Waals surface area (Å²) in [5.74, 6) is 0.918. The second kappa shape index (κ2) is 5.29. The van der Waals surface area contributed by atoms with Crippen LogP contribution in [0.5, 0.6) is 5.75 Å². The molecule has 0 aromatic heterocycles. The van der Waals surface area contributed by atoms with E-state index in [-0.39, 0.29) is 6.10 Å². The van der Waals surface area contributed by atoms with Crippen molar-refractivity contribution in [3.05, 3.63) is 29.3 Å². The Kier molecular flexibility index (Phi) is 3.52. The lowest BCUT2D eigenvalue weighted by molar-refractivity contribution is 0.0162. The van der Waals surface area contributed by atoms with Crippen LogP contribution in [0.4, 0.5) is 0 Å². The first kappa shape index (κ1) is 12.0. The van der Waals surface area contributed by atoms with Crippen LogP contribution in [0.2, 0.25) is 0 Å². The molecule has 0 amide bonds.